The highest BCUT2D eigenvalue weighted by atomic mass is 35.5. The van der Waals surface area contributed by atoms with Gasteiger partial charge in [-0.05, 0) is 48.4 Å². The molecule has 10 nitrogen and oxygen atoms in total. The van der Waals surface area contributed by atoms with Gasteiger partial charge in [0, 0.05) is 28.1 Å². The molecule has 0 fully saturated rings. The molecule has 46 heavy (non-hydrogen) atoms. The lowest BCUT2D eigenvalue weighted by Crippen LogP contribution is -2.67. The minimum atomic E-state index is -1.53. The molecule has 1 heterocycles. The number of hydrogen-bond donors (Lipinski definition) is 5. The number of fused-ring (bicyclic) bond motifs is 3. The van der Waals surface area contributed by atoms with Gasteiger partial charge in [-0.15, -0.1) is 0 Å². The summed E-state index contributed by atoms with van der Waals surface area (Å²) in [5.74, 6) is -3.05. The Kier molecular flexibility index (Phi) is 11.2. The fraction of sp³-hybridized carbons (Fsp3) is 0.455. The first-order valence-corrected chi connectivity index (χ1v) is 16.1. The van der Waals surface area contributed by atoms with Crippen LogP contribution in [-0.2, 0) is 38.6 Å². The zero-order valence-electron chi connectivity index (χ0n) is 26.3. The molecular weight excluding hydrogens is 636 g/mol. The van der Waals surface area contributed by atoms with Crippen LogP contribution in [0.5, 0.6) is 0 Å². The average molecular weight is 677 g/mol. The van der Waals surface area contributed by atoms with E-state index in [2.05, 4.69) is 20.9 Å². The first-order valence-electron chi connectivity index (χ1n) is 15.4. The average Bonchev–Trinajstić information content (AvgIpc) is 3.38. The zero-order valence-corrected chi connectivity index (χ0v) is 27.8. The molecule has 0 radical (unpaired) electrons. The van der Waals surface area contributed by atoms with Crippen LogP contribution in [0.3, 0.4) is 0 Å². The number of ether oxygens (including phenoxy) is 1. The summed E-state index contributed by atoms with van der Waals surface area (Å²) in [6, 6.07) is 7.18. The predicted octanol–water partition coefficient (Wildman–Crippen LogP) is 5.31. The largest absolute Gasteiger partial charge is 0.445 e. The van der Waals surface area contributed by atoms with Gasteiger partial charge in [0.15, 0.2) is 0 Å². The Morgan fingerprint density at radius 1 is 1.04 bits per heavy atom. The molecule has 1 aliphatic rings. The number of rotatable bonds is 12. The predicted molar refractivity (Wildman–Crippen MR) is 175 cm³/mol. The molecule has 4 rings (SSSR count). The van der Waals surface area contributed by atoms with Gasteiger partial charge in [-0.1, -0.05) is 81.9 Å². The SMILES string of the molecule is CCC(C)[C@H](NC(=O)[C@@]1(NC(=O)[C@@H](NC(=O)OCc2ccccc2F)C(C)CC)CCc2[nH]c3c(Cl)cc(Cl)cc3c2C1)C(N)=O. The van der Waals surface area contributed by atoms with E-state index in [1.54, 1.807) is 32.0 Å². The van der Waals surface area contributed by atoms with E-state index in [-0.39, 0.29) is 36.8 Å². The topological polar surface area (TPSA) is 155 Å². The molecule has 0 saturated carbocycles. The van der Waals surface area contributed by atoms with Gasteiger partial charge in [-0.3, -0.25) is 14.4 Å². The molecule has 2 unspecified atom stereocenters. The van der Waals surface area contributed by atoms with Gasteiger partial charge in [0.05, 0.1) is 10.5 Å². The number of benzene rings is 2. The van der Waals surface area contributed by atoms with E-state index in [1.807, 2.05) is 13.8 Å². The third kappa shape index (κ3) is 7.58. The molecule has 248 valence electrons. The van der Waals surface area contributed by atoms with E-state index in [0.29, 0.717) is 40.2 Å². The molecule has 3 aromatic rings. The fourth-order valence-electron chi connectivity index (χ4n) is 5.78. The lowest BCUT2D eigenvalue weighted by molar-refractivity contribution is -0.137. The summed E-state index contributed by atoms with van der Waals surface area (Å²) in [7, 11) is 0. The number of amides is 4. The maximum absolute atomic E-state index is 14.2. The maximum atomic E-state index is 14.2. The highest BCUT2D eigenvalue weighted by Gasteiger charge is 2.46. The fourth-order valence-corrected chi connectivity index (χ4v) is 6.32. The first kappa shape index (κ1) is 35.0. The summed E-state index contributed by atoms with van der Waals surface area (Å²) < 4.78 is 19.3. The second-order valence-electron chi connectivity index (χ2n) is 12.1. The standard InChI is InChI=1S/C33H40Cl2FN5O5/c1-5-17(3)26(29(37)42)39-31(44)33(12-11-25-22(15-33)21-13-20(34)14-23(35)28(21)38-25)41-30(43)27(18(4)6-2)40-32(45)46-16-19-9-7-8-10-24(19)36/h7-10,13-14,17-18,26-27,38H,5-6,11-12,15-16H2,1-4H3,(H2,37,42)(H,39,44)(H,40,45)(H,41,43)/t17?,18?,26-,27-,33+/m0/s1. The quantitative estimate of drug-likeness (QED) is 0.176. The minimum Gasteiger partial charge on any atom is -0.445 e. The first-order chi connectivity index (χ1) is 21.8. The van der Waals surface area contributed by atoms with Crippen molar-refractivity contribution in [3.05, 3.63) is 69.1 Å². The Balaban J connectivity index is 1.66. The van der Waals surface area contributed by atoms with E-state index in [1.165, 1.54) is 18.2 Å². The number of H-pyrrole nitrogens is 1. The number of hydrogen-bond acceptors (Lipinski definition) is 5. The van der Waals surface area contributed by atoms with Gasteiger partial charge < -0.3 is 31.4 Å². The Morgan fingerprint density at radius 2 is 1.72 bits per heavy atom. The van der Waals surface area contributed by atoms with Gasteiger partial charge >= 0.3 is 6.09 Å². The number of halogens is 3. The number of aromatic nitrogens is 1. The summed E-state index contributed by atoms with van der Waals surface area (Å²) in [6.45, 7) is 6.99. The number of aryl methyl sites for hydroxylation is 1. The number of nitrogens with one attached hydrogen (secondary N) is 4. The van der Waals surface area contributed by atoms with Crippen LogP contribution in [0.1, 0.15) is 63.8 Å². The molecule has 1 aliphatic carbocycles. The number of alkyl carbamates (subject to hydrolysis) is 1. The van der Waals surface area contributed by atoms with Gasteiger partial charge in [0.1, 0.15) is 30.0 Å². The Hall–Kier alpha value is -3.83. The second kappa shape index (κ2) is 14.7. The van der Waals surface area contributed by atoms with Gasteiger partial charge in [-0.25, -0.2) is 9.18 Å². The van der Waals surface area contributed by atoms with Crippen LogP contribution in [0.2, 0.25) is 10.0 Å². The number of carbonyl (C=O) groups excluding carboxylic acids is 4. The third-order valence-corrected chi connectivity index (χ3v) is 9.51. The summed E-state index contributed by atoms with van der Waals surface area (Å²) >= 11 is 12.8. The Morgan fingerprint density at radius 3 is 2.37 bits per heavy atom. The van der Waals surface area contributed by atoms with Crippen molar-refractivity contribution in [1.29, 1.82) is 0 Å². The zero-order chi connectivity index (χ0) is 33.8. The van der Waals surface area contributed by atoms with E-state index < -0.39 is 47.3 Å². The molecule has 0 aliphatic heterocycles. The van der Waals surface area contributed by atoms with E-state index in [0.717, 1.165) is 11.3 Å². The van der Waals surface area contributed by atoms with Crippen LogP contribution in [-0.4, -0.2) is 46.4 Å². The number of aromatic amines is 1. The van der Waals surface area contributed by atoms with E-state index in [4.69, 9.17) is 33.7 Å². The monoisotopic (exact) mass is 675 g/mol. The van der Waals surface area contributed by atoms with Crippen molar-refractivity contribution >= 4 is 57.9 Å². The lowest BCUT2D eigenvalue weighted by atomic mass is 9.78. The van der Waals surface area contributed by atoms with Crippen LogP contribution in [0, 0.1) is 17.7 Å². The summed E-state index contributed by atoms with van der Waals surface area (Å²) in [5, 5.41) is 9.89. The normalized spacial score (nSPS) is 18.5. The molecule has 0 saturated heterocycles. The van der Waals surface area contributed by atoms with Crippen LogP contribution in [0.4, 0.5) is 9.18 Å². The summed E-state index contributed by atoms with van der Waals surface area (Å²) in [4.78, 5) is 56.8. The molecule has 5 atom stereocenters. The minimum absolute atomic E-state index is 0.0491. The van der Waals surface area contributed by atoms with Crippen LogP contribution in [0.25, 0.3) is 10.9 Å². The van der Waals surface area contributed by atoms with Gasteiger partial charge in [0.25, 0.3) is 0 Å². The van der Waals surface area contributed by atoms with Crippen molar-refractivity contribution in [3.8, 4) is 0 Å². The Bertz CT molecular complexity index is 1630. The van der Waals surface area contributed by atoms with Gasteiger partial charge in [0.2, 0.25) is 17.7 Å². The highest BCUT2D eigenvalue weighted by Crippen LogP contribution is 2.38. The molecule has 4 amide bonds. The molecular formula is C33H40Cl2FN5O5. The van der Waals surface area contributed by atoms with Crippen LogP contribution < -0.4 is 21.7 Å². The summed E-state index contributed by atoms with van der Waals surface area (Å²) in [6.07, 6.45) is 0.750. The number of carbonyl (C=O) groups is 4. The van der Waals surface area contributed by atoms with E-state index >= 15 is 0 Å². The maximum Gasteiger partial charge on any atom is 0.408 e. The van der Waals surface area contributed by atoms with Gasteiger partial charge in [-0.2, -0.15) is 0 Å². The summed E-state index contributed by atoms with van der Waals surface area (Å²) in [5.41, 5.74) is 6.59. The van der Waals surface area contributed by atoms with Crippen molar-refractivity contribution in [3.63, 3.8) is 0 Å². The highest BCUT2D eigenvalue weighted by molar-refractivity contribution is 6.38. The smallest absolute Gasteiger partial charge is 0.408 e. The second-order valence-corrected chi connectivity index (χ2v) is 12.9. The lowest BCUT2D eigenvalue weighted by Gasteiger charge is -2.39. The van der Waals surface area contributed by atoms with Crippen molar-refractivity contribution in [2.75, 3.05) is 0 Å². The molecule has 13 heteroatoms. The van der Waals surface area contributed by atoms with Crippen LogP contribution >= 0.6 is 23.2 Å². The molecule has 2 aromatic carbocycles. The molecule has 0 spiro atoms. The molecule has 6 N–H and O–H groups in total. The number of primary amides is 1. The third-order valence-electron chi connectivity index (χ3n) is 8.99. The molecule has 0 bridgehead atoms. The van der Waals surface area contributed by atoms with Crippen molar-refractivity contribution in [1.82, 2.24) is 20.9 Å². The van der Waals surface area contributed by atoms with Crippen molar-refractivity contribution in [2.45, 2.75) is 84.0 Å². The van der Waals surface area contributed by atoms with E-state index in [9.17, 15) is 23.6 Å². The molecule has 1 aromatic heterocycles. The van der Waals surface area contributed by atoms with Crippen LogP contribution in [0.15, 0.2) is 36.4 Å². The van der Waals surface area contributed by atoms with Crippen molar-refractivity contribution in [2.24, 2.45) is 17.6 Å². The number of nitrogens with two attached hydrogens (primary N) is 1. The van der Waals surface area contributed by atoms with Crippen molar-refractivity contribution < 1.29 is 28.3 Å². The Labute approximate surface area is 277 Å².